The summed E-state index contributed by atoms with van der Waals surface area (Å²) in [7, 11) is 0. The van der Waals surface area contributed by atoms with E-state index in [1.807, 2.05) is 24.5 Å². The number of aliphatic carboxylic acids is 1. The molecule has 0 unspecified atom stereocenters. The van der Waals surface area contributed by atoms with Gasteiger partial charge in [0.25, 0.3) is 5.91 Å². The van der Waals surface area contributed by atoms with Crippen LogP contribution in [0.4, 0.5) is 0 Å². The molecule has 0 aromatic carbocycles. The van der Waals surface area contributed by atoms with Crippen LogP contribution in [0.1, 0.15) is 35.7 Å². The number of fused-ring (bicyclic) bond motifs is 1. The number of rotatable bonds is 6. The van der Waals surface area contributed by atoms with Gasteiger partial charge in [0.1, 0.15) is 11.1 Å². The van der Waals surface area contributed by atoms with Crippen molar-refractivity contribution in [2.24, 2.45) is 0 Å². The van der Waals surface area contributed by atoms with Gasteiger partial charge in [-0.25, -0.2) is 0 Å². The van der Waals surface area contributed by atoms with Crippen molar-refractivity contribution in [1.82, 2.24) is 14.9 Å². The number of hydrogen-bond acceptors (Lipinski definition) is 4. The summed E-state index contributed by atoms with van der Waals surface area (Å²) in [6, 6.07) is 1.86. The maximum absolute atomic E-state index is 12.5. The zero-order chi connectivity index (χ0) is 17.0. The quantitative estimate of drug-likeness (QED) is 0.782. The standard InChI is InChI=1S/C16H19N3O4/c1-3-19-9-11(16(23)17-6-4-5-13(20)21)15(22)14-12(19)7-10(2)8-18-14/h7-9H,3-6H2,1-2H3,(H,17,23)(H,20,21). The Morgan fingerprint density at radius 1 is 1.39 bits per heavy atom. The van der Waals surface area contributed by atoms with Crippen molar-refractivity contribution < 1.29 is 14.7 Å². The number of aromatic nitrogens is 2. The molecule has 23 heavy (non-hydrogen) atoms. The highest BCUT2D eigenvalue weighted by Crippen LogP contribution is 2.11. The molecule has 0 radical (unpaired) electrons. The number of carboxylic acids is 1. The first-order chi connectivity index (χ1) is 10.9. The molecule has 2 N–H and O–H groups in total. The first-order valence-corrected chi connectivity index (χ1v) is 7.43. The van der Waals surface area contributed by atoms with Crippen molar-refractivity contribution in [3.8, 4) is 0 Å². The van der Waals surface area contributed by atoms with E-state index in [1.165, 1.54) is 6.20 Å². The Labute approximate surface area is 133 Å². The number of carboxylic acid groups (broad SMARTS) is 1. The Hall–Kier alpha value is -2.70. The fourth-order valence-corrected chi connectivity index (χ4v) is 2.32. The van der Waals surface area contributed by atoms with Crippen molar-refractivity contribution in [3.05, 3.63) is 39.8 Å². The highest BCUT2D eigenvalue weighted by molar-refractivity contribution is 5.96. The van der Waals surface area contributed by atoms with E-state index in [0.29, 0.717) is 18.5 Å². The molecule has 0 spiro atoms. The second-order valence-electron chi connectivity index (χ2n) is 5.29. The van der Waals surface area contributed by atoms with Crippen molar-refractivity contribution >= 4 is 22.9 Å². The molecule has 122 valence electrons. The van der Waals surface area contributed by atoms with Crippen LogP contribution < -0.4 is 10.7 Å². The fraction of sp³-hybridized carbons (Fsp3) is 0.375. The third-order valence-corrected chi connectivity index (χ3v) is 3.50. The summed E-state index contributed by atoms with van der Waals surface area (Å²) in [5.41, 5.74) is 1.49. The lowest BCUT2D eigenvalue weighted by atomic mass is 10.1. The number of nitrogens with zero attached hydrogens (tertiary/aromatic N) is 2. The van der Waals surface area contributed by atoms with E-state index in [-0.39, 0.29) is 24.0 Å². The van der Waals surface area contributed by atoms with Crippen molar-refractivity contribution in [3.63, 3.8) is 0 Å². The average Bonchev–Trinajstić information content (AvgIpc) is 2.51. The maximum Gasteiger partial charge on any atom is 0.303 e. The Kier molecular flexibility index (Phi) is 5.10. The second-order valence-corrected chi connectivity index (χ2v) is 5.29. The number of nitrogens with one attached hydrogen (secondary N) is 1. The fourth-order valence-electron chi connectivity index (χ4n) is 2.32. The zero-order valence-corrected chi connectivity index (χ0v) is 13.1. The number of pyridine rings is 2. The van der Waals surface area contributed by atoms with Crippen LogP contribution in [0.25, 0.3) is 11.0 Å². The molecule has 0 fully saturated rings. The lowest BCUT2D eigenvalue weighted by Gasteiger charge is -2.11. The average molecular weight is 317 g/mol. The summed E-state index contributed by atoms with van der Waals surface area (Å²) in [6.45, 7) is 4.61. The zero-order valence-electron chi connectivity index (χ0n) is 13.1. The molecule has 0 aliphatic rings. The van der Waals surface area contributed by atoms with Gasteiger partial charge in [0, 0.05) is 31.9 Å². The number of carbonyl (C=O) groups excluding carboxylic acids is 1. The summed E-state index contributed by atoms with van der Waals surface area (Å²) in [4.78, 5) is 39.3. The van der Waals surface area contributed by atoms with E-state index in [9.17, 15) is 14.4 Å². The Bertz CT molecular complexity index is 811. The molecule has 0 saturated carbocycles. The lowest BCUT2D eigenvalue weighted by Crippen LogP contribution is -2.31. The normalized spacial score (nSPS) is 10.7. The molecular formula is C16H19N3O4. The van der Waals surface area contributed by atoms with Gasteiger partial charge in [0.05, 0.1) is 5.52 Å². The van der Waals surface area contributed by atoms with Crippen LogP contribution in [-0.2, 0) is 11.3 Å². The van der Waals surface area contributed by atoms with E-state index in [0.717, 1.165) is 5.56 Å². The Balaban J connectivity index is 2.32. The predicted molar refractivity (Wildman–Crippen MR) is 85.6 cm³/mol. The number of carbonyl (C=O) groups is 2. The van der Waals surface area contributed by atoms with Crippen molar-refractivity contribution in [2.45, 2.75) is 33.2 Å². The molecular weight excluding hydrogens is 298 g/mol. The minimum atomic E-state index is -0.919. The predicted octanol–water partition coefficient (Wildman–Crippen LogP) is 1.32. The third kappa shape index (κ3) is 3.74. The first kappa shape index (κ1) is 16.7. The number of hydrogen-bond donors (Lipinski definition) is 2. The molecule has 2 heterocycles. The first-order valence-electron chi connectivity index (χ1n) is 7.43. The largest absolute Gasteiger partial charge is 0.481 e. The summed E-state index contributed by atoms with van der Waals surface area (Å²) in [6.07, 6.45) is 3.41. The maximum atomic E-state index is 12.5. The Morgan fingerprint density at radius 3 is 2.78 bits per heavy atom. The number of aryl methyl sites for hydroxylation is 2. The van der Waals surface area contributed by atoms with Crippen LogP contribution in [0.15, 0.2) is 23.3 Å². The lowest BCUT2D eigenvalue weighted by molar-refractivity contribution is -0.137. The van der Waals surface area contributed by atoms with Crippen LogP contribution in [0.2, 0.25) is 0 Å². The van der Waals surface area contributed by atoms with Gasteiger partial charge in [0.15, 0.2) is 0 Å². The van der Waals surface area contributed by atoms with Gasteiger partial charge in [0.2, 0.25) is 5.43 Å². The van der Waals surface area contributed by atoms with Crippen LogP contribution in [0.3, 0.4) is 0 Å². The smallest absolute Gasteiger partial charge is 0.303 e. The van der Waals surface area contributed by atoms with Gasteiger partial charge in [-0.2, -0.15) is 0 Å². The molecule has 1 amide bonds. The summed E-state index contributed by atoms with van der Waals surface area (Å²) in [5, 5.41) is 11.2. The summed E-state index contributed by atoms with van der Waals surface area (Å²) >= 11 is 0. The highest BCUT2D eigenvalue weighted by Gasteiger charge is 2.15. The Morgan fingerprint density at radius 2 is 2.13 bits per heavy atom. The molecule has 7 nitrogen and oxygen atoms in total. The van der Waals surface area contributed by atoms with E-state index in [2.05, 4.69) is 10.3 Å². The number of amides is 1. The summed E-state index contributed by atoms with van der Waals surface area (Å²) in [5.74, 6) is -1.43. The topological polar surface area (TPSA) is 101 Å². The molecule has 0 bridgehead atoms. The van der Waals surface area contributed by atoms with Gasteiger partial charge in [-0.1, -0.05) is 0 Å². The van der Waals surface area contributed by atoms with Crippen molar-refractivity contribution in [1.29, 1.82) is 0 Å². The van der Waals surface area contributed by atoms with Crippen LogP contribution in [0.5, 0.6) is 0 Å². The molecule has 2 aromatic heterocycles. The van der Waals surface area contributed by atoms with E-state index in [1.54, 1.807) is 6.20 Å². The molecule has 0 saturated heterocycles. The van der Waals surface area contributed by atoms with Gasteiger partial charge >= 0.3 is 5.97 Å². The van der Waals surface area contributed by atoms with Crippen molar-refractivity contribution in [2.75, 3.05) is 6.54 Å². The minimum absolute atomic E-state index is 0.0195. The van der Waals surface area contributed by atoms with Crippen LogP contribution in [0, 0.1) is 6.92 Å². The molecule has 0 atom stereocenters. The SMILES string of the molecule is CCn1cc(C(=O)NCCCC(=O)O)c(=O)c2ncc(C)cc21. The molecule has 7 heteroatoms. The monoisotopic (exact) mass is 317 g/mol. The minimum Gasteiger partial charge on any atom is -0.481 e. The van der Waals surface area contributed by atoms with Crippen LogP contribution in [-0.4, -0.2) is 33.1 Å². The molecule has 0 aliphatic heterocycles. The van der Waals surface area contributed by atoms with E-state index >= 15 is 0 Å². The molecule has 2 aromatic rings. The van der Waals surface area contributed by atoms with Gasteiger partial charge < -0.3 is 15.0 Å². The van der Waals surface area contributed by atoms with Gasteiger partial charge in [-0.15, -0.1) is 0 Å². The van der Waals surface area contributed by atoms with E-state index < -0.39 is 17.3 Å². The van der Waals surface area contributed by atoms with Crippen LogP contribution >= 0.6 is 0 Å². The third-order valence-electron chi connectivity index (χ3n) is 3.50. The second kappa shape index (κ2) is 7.04. The van der Waals surface area contributed by atoms with Gasteiger partial charge in [-0.05, 0) is 31.9 Å². The molecule has 2 rings (SSSR count). The van der Waals surface area contributed by atoms with E-state index in [4.69, 9.17) is 5.11 Å². The molecule has 0 aliphatic carbocycles. The van der Waals surface area contributed by atoms with Gasteiger partial charge in [-0.3, -0.25) is 19.4 Å². The summed E-state index contributed by atoms with van der Waals surface area (Å²) < 4.78 is 1.81. The highest BCUT2D eigenvalue weighted by atomic mass is 16.4.